The number of rotatable bonds is 7. The molecule has 0 spiro atoms. The van der Waals surface area contributed by atoms with Gasteiger partial charge in [0.15, 0.2) is 0 Å². The van der Waals surface area contributed by atoms with Gasteiger partial charge in [-0.15, -0.1) is 0 Å². The smallest absolute Gasteiger partial charge is 0.133 e. The summed E-state index contributed by atoms with van der Waals surface area (Å²) in [4.78, 5) is 0. The van der Waals surface area contributed by atoms with Gasteiger partial charge in [-0.2, -0.15) is 5.10 Å². The third-order valence-electron chi connectivity index (χ3n) is 4.03. The fourth-order valence-corrected chi connectivity index (χ4v) is 2.55. The molecule has 0 atom stereocenters. The number of hydrogen-bond acceptors (Lipinski definition) is 3. The zero-order chi connectivity index (χ0) is 20.4. The van der Waals surface area contributed by atoms with Crippen LogP contribution in [0.5, 0.6) is 0 Å². The van der Waals surface area contributed by atoms with Gasteiger partial charge in [-0.1, -0.05) is 32.4 Å². The summed E-state index contributed by atoms with van der Waals surface area (Å²) in [5, 5.41) is 14.3. The lowest BCUT2D eigenvalue weighted by Gasteiger charge is -2.06. The van der Waals surface area contributed by atoms with Crippen LogP contribution in [0.4, 0.5) is 8.78 Å². The molecule has 6 heteroatoms. The molecule has 0 fully saturated rings. The van der Waals surface area contributed by atoms with E-state index >= 15 is 0 Å². The molecular formula is C21H28F2N4. The molecule has 0 saturated heterocycles. The lowest BCUT2D eigenvalue weighted by atomic mass is 10.0. The lowest BCUT2D eigenvalue weighted by molar-refractivity contribution is 0.577. The maximum absolute atomic E-state index is 12.8. The molecule has 4 nitrogen and oxygen atoms in total. The second-order valence-electron chi connectivity index (χ2n) is 6.35. The van der Waals surface area contributed by atoms with Crippen LogP contribution >= 0.6 is 0 Å². The number of nitrogens with zero attached hydrogens (tertiary/aromatic N) is 1. The third kappa shape index (κ3) is 6.47. The second kappa shape index (κ2) is 11.1. The van der Waals surface area contributed by atoms with Crippen molar-refractivity contribution >= 4 is 17.4 Å². The molecule has 1 heterocycles. The highest BCUT2D eigenvalue weighted by molar-refractivity contribution is 6.09. The molecule has 4 N–H and O–H groups in total. The predicted molar refractivity (Wildman–Crippen MR) is 108 cm³/mol. The summed E-state index contributed by atoms with van der Waals surface area (Å²) >= 11 is 0. The Kier molecular flexibility index (Phi) is 9.13. The van der Waals surface area contributed by atoms with Gasteiger partial charge in [-0.3, -0.25) is 5.10 Å². The lowest BCUT2D eigenvalue weighted by Crippen LogP contribution is -2.04. The van der Waals surface area contributed by atoms with Gasteiger partial charge in [-0.25, -0.2) is 8.78 Å². The highest BCUT2D eigenvalue weighted by Crippen LogP contribution is 2.19. The van der Waals surface area contributed by atoms with Crippen LogP contribution in [0.15, 0.2) is 36.7 Å². The van der Waals surface area contributed by atoms with Crippen LogP contribution in [0.3, 0.4) is 0 Å². The number of H-pyrrole nitrogens is 1. The van der Waals surface area contributed by atoms with Crippen molar-refractivity contribution in [3.8, 4) is 0 Å². The van der Waals surface area contributed by atoms with Crippen LogP contribution in [0.1, 0.15) is 56.4 Å². The summed E-state index contributed by atoms with van der Waals surface area (Å²) in [5.74, 6) is -1.12. The van der Waals surface area contributed by atoms with E-state index in [4.69, 9.17) is 11.1 Å². The van der Waals surface area contributed by atoms with Crippen molar-refractivity contribution in [1.82, 2.24) is 10.2 Å². The molecule has 0 radical (unpaired) electrons. The quantitative estimate of drug-likeness (QED) is 0.435. The van der Waals surface area contributed by atoms with Crippen LogP contribution in [0, 0.1) is 24.0 Å². The molecule has 0 aliphatic carbocycles. The molecule has 2 rings (SSSR count). The molecule has 0 aliphatic rings. The molecule has 1 aromatic carbocycles. The number of unbranched alkanes of at least 4 members (excludes halogenated alkanes) is 2. The van der Waals surface area contributed by atoms with Gasteiger partial charge in [0.25, 0.3) is 0 Å². The van der Waals surface area contributed by atoms with Crippen LogP contribution in [0.25, 0.3) is 11.1 Å². The van der Waals surface area contributed by atoms with Gasteiger partial charge in [0.2, 0.25) is 0 Å². The molecule has 1 aromatic heterocycles. The SMILES string of the molecule is C=C(C)c1c(F)cccc1F.CCCCC/C(N)=C(/C=N)c1[nH]ncc1C. The summed E-state index contributed by atoms with van der Waals surface area (Å²) < 4.78 is 25.6. The first-order valence-electron chi connectivity index (χ1n) is 8.92. The Morgan fingerprint density at radius 1 is 1.30 bits per heavy atom. The van der Waals surface area contributed by atoms with Gasteiger partial charge in [0.05, 0.1) is 11.9 Å². The van der Waals surface area contributed by atoms with E-state index in [1.165, 1.54) is 37.3 Å². The first-order chi connectivity index (χ1) is 12.8. The van der Waals surface area contributed by atoms with E-state index in [1.807, 2.05) is 6.92 Å². The minimum Gasteiger partial charge on any atom is -0.401 e. The first kappa shape index (κ1) is 22.3. The highest BCUT2D eigenvalue weighted by Gasteiger charge is 2.09. The van der Waals surface area contributed by atoms with Crippen LogP contribution < -0.4 is 5.73 Å². The predicted octanol–water partition coefficient (Wildman–Crippen LogP) is 5.62. The van der Waals surface area contributed by atoms with Crippen LogP contribution in [-0.4, -0.2) is 16.4 Å². The Balaban J connectivity index is 0.000000289. The molecule has 0 aliphatic heterocycles. The van der Waals surface area contributed by atoms with Gasteiger partial charge in [0, 0.05) is 23.0 Å². The number of nitrogens with one attached hydrogen (secondary N) is 2. The summed E-state index contributed by atoms with van der Waals surface area (Å²) in [6.07, 6.45) is 7.33. The highest BCUT2D eigenvalue weighted by atomic mass is 19.1. The minimum absolute atomic E-state index is 0.0208. The average molecular weight is 374 g/mol. The zero-order valence-electron chi connectivity index (χ0n) is 16.2. The summed E-state index contributed by atoms with van der Waals surface area (Å²) in [5.41, 5.74) is 9.83. The van der Waals surface area contributed by atoms with Crippen LogP contribution in [0.2, 0.25) is 0 Å². The van der Waals surface area contributed by atoms with Crippen molar-refractivity contribution in [2.24, 2.45) is 5.73 Å². The second-order valence-corrected chi connectivity index (χ2v) is 6.35. The number of halogens is 2. The molecular weight excluding hydrogens is 346 g/mol. The number of benzene rings is 1. The summed E-state index contributed by atoms with van der Waals surface area (Å²) in [6, 6.07) is 3.76. The summed E-state index contributed by atoms with van der Waals surface area (Å²) in [7, 11) is 0. The number of allylic oxidation sites excluding steroid dienone is 3. The number of hydrogen-bond donors (Lipinski definition) is 3. The maximum Gasteiger partial charge on any atom is 0.133 e. The first-order valence-corrected chi connectivity index (χ1v) is 8.92. The molecule has 0 amide bonds. The van der Waals surface area contributed by atoms with Crippen molar-refractivity contribution in [3.05, 3.63) is 65.1 Å². The van der Waals surface area contributed by atoms with Gasteiger partial charge in [0.1, 0.15) is 11.6 Å². The van der Waals surface area contributed by atoms with Crippen molar-refractivity contribution in [2.75, 3.05) is 0 Å². The molecule has 0 saturated carbocycles. The van der Waals surface area contributed by atoms with Gasteiger partial charge in [-0.05, 0) is 50.0 Å². The summed E-state index contributed by atoms with van der Waals surface area (Å²) in [6.45, 7) is 9.16. The Bertz CT molecular complexity index is 786. The number of aromatic nitrogens is 2. The fraction of sp³-hybridized carbons (Fsp3) is 0.333. The average Bonchev–Trinajstić information content (AvgIpc) is 3.02. The zero-order valence-corrected chi connectivity index (χ0v) is 16.2. The Morgan fingerprint density at radius 2 is 1.93 bits per heavy atom. The normalized spacial score (nSPS) is 11.3. The van der Waals surface area contributed by atoms with Crippen molar-refractivity contribution in [2.45, 2.75) is 46.5 Å². The maximum atomic E-state index is 12.8. The molecule has 0 bridgehead atoms. The monoisotopic (exact) mass is 374 g/mol. The van der Waals surface area contributed by atoms with Crippen molar-refractivity contribution in [3.63, 3.8) is 0 Å². The fourth-order valence-electron chi connectivity index (χ4n) is 2.55. The topological polar surface area (TPSA) is 78.5 Å². The standard InChI is InChI=1S/C12H20N4.C9H8F2/c1-3-4-5-6-11(14)10(7-13)12-9(2)8-15-16-12;1-6(2)9-7(10)4-3-5-8(9)11/h7-8,13H,3-6,14H2,1-2H3,(H,15,16);3-5H,1H2,2H3/b11-10+,13-7?;. The molecule has 146 valence electrons. The Hall–Kier alpha value is -2.76. The molecule has 2 aromatic rings. The Labute approximate surface area is 159 Å². The van der Waals surface area contributed by atoms with E-state index in [1.54, 1.807) is 13.1 Å². The molecule has 0 unspecified atom stereocenters. The minimum atomic E-state index is -0.558. The Morgan fingerprint density at radius 3 is 2.33 bits per heavy atom. The van der Waals surface area contributed by atoms with Crippen LogP contribution in [-0.2, 0) is 0 Å². The van der Waals surface area contributed by atoms with Gasteiger partial charge >= 0.3 is 0 Å². The number of aryl methyl sites for hydroxylation is 1. The molecule has 27 heavy (non-hydrogen) atoms. The third-order valence-corrected chi connectivity index (χ3v) is 4.03. The van der Waals surface area contributed by atoms with Crippen molar-refractivity contribution < 1.29 is 8.78 Å². The van der Waals surface area contributed by atoms with E-state index in [9.17, 15) is 8.78 Å². The van der Waals surface area contributed by atoms with E-state index in [0.29, 0.717) is 5.57 Å². The van der Waals surface area contributed by atoms with Gasteiger partial charge < -0.3 is 11.1 Å². The number of aromatic amines is 1. The largest absolute Gasteiger partial charge is 0.401 e. The van der Waals surface area contributed by atoms with E-state index in [0.717, 1.165) is 35.4 Å². The van der Waals surface area contributed by atoms with E-state index in [2.05, 4.69) is 23.7 Å². The van der Waals surface area contributed by atoms with E-state index in [-0.39, 0.29) is 5.56 Å². The van der Waals surface area contributed by atoms with E-state index < -0.39 is 11.6 Å². The van der Waals surface area contributed by atoms with Crippen molar-refractivity contribution in [1.29, 1.82) is 5.41 Å². The number of nitrogens with two attached hydrogens (primary N) is 1.